The van der Waals surface area contributed by atoms with Crippen molar-refractivity contribution in [3.8, 4) is 0 Å². The SMILES string of the molecule is COC(=O)c1cccc(C(=O)CC2=NC(C)(C)Cc3ccccc32)c1. The van der Waals surface area contributed by atoms with E-state index in [9.17, 15) is 9.59 Å². The van der Waals surface area contributed by atoms with Crippen LogP contribution in [0, 0.1) is 0 Å². The molecule has 0 aliphatic carbocycles. The molecule has 2 aromatic carbocycles. The van der Waals surface area contributed by atoms with Crippen LogP contribution in [0.5, 0.6) is 0 Å². The van der Waals surface area contributed by atoms with Crippen molar-refractivity contribution in [1.82, 2.24) is 0 Å². The van der Waals surface area contributed by atoms with Crippen molar-refractivity contribution < 1.29 is 14.3 Å². The van der Waals surface area contributed by atoms with Crippen LogP contribution in [-0.4, -0.2) is 30.1 Å². The van der Waals surface area contributed by atoms with Gasteiger partial charge < -0.3 is 4.74 Å². The van der Waals surface area contributed by atoms with Crippen LogP contribution in [0.3, 0.4) is 0 Å². The summed E-state index contributed by atoms with van der Waals surface area (Å²) in [5.41, 5.74) is 3.71. The number of nitrogens with zero attached hydrogens (tertiary/aromatic N) is 1. The molecule has 25 heavy (non-hydrogen) atoms. The maximum Gasteiger partial charge on any atom is 0.337 e. The Hall–Kier alpha value is -2.75. The molecule has 0 fully saturated rings. The molecule has 1 aliphatic rings. The predicted molar refractivity (Wildman–Crippen MR) is 97.5 cm³/mol. The first-order chi connectivity index (χ1) is 11.9. The summed E-state index contributed by atoms with van der Waals surface area (Å²) in [5, 5.41) is 0. The van der Waals surface area contributed by atoms with Gasteiger partial charge in [-0.05, 0) is 43.5 Å². The molecule has 0 N–H and O–H groups in total. The summed E-state index contributed by atoms with van der Waals surface area (Å²) in [4.78, 5) is 29.2. The lowest BCUT2D eigenvalue weighted by atomic mass is 9.85. The second kappa shape index (κ2) is 6.63. The molecule has 0 atom stereocenters. The second-order valence-corrected chi connectivity index (χ2v) is 6.88. The van der Waals surface area contributed by atoms with E-state index in [1.54, 1.807) is 24.3 Å². The fourth-order valence-electron chi connectivity index (χ4n) is 3.21. The number of methoxy groups -OCH3 is 1. The Bertz CT molecular complexity index is 865. The molecule has 128 valence electrons. The van der Waals surface area contributed by atoms with Crippen molar-refractivity contribution in [2.45, 2.75) is 32.2 Å². The Kier molecular flexibility index (Phi) is 4.53. The van der Waals surface area contributed by atoms with Gasteiger partial charge in [0, 0.05) is 5.56 Å². The summed E-state index contributed by atoms with van der Waals surface area (Å²) in [6, 6.07) is 14.7. The largest absolute Gasteiger partial charge is 0.465 e. The van der Waals surface area contributed by atoms with Gasteiger partial charge in [-0.15, -0.1) is 0 Å². The summed E-state index contributed by atoms with van der Waals surface area (Å²) in [6.07, 6.45) is 1.07. The van der Waals surface area contributed by atoms with Gasteiger partial charge in [-0.2, -0.15) is 0 Å². The molecular weight excluding hydrogens is 314 g/mol. The Labute approximate surface area is 147 Å². The van der Waals surface area contributed by atoms with Gasteiger partial charge in [0.2, 0.25) is 0 Å². The van der Waals surface area contributed by atoms with Crippen molar-refractivity contribution in [3.05, 3.63) is 70.8 Å². The lowest BCUT2D eigenvalue weighted by Gasteiger charge is -2.29. The van der Waals surface area contributed by atoms with Crippen LogP contribution in [0.4, 0.5) is 0 Å². The van der Waals surface area contributed by atoms with Gasteiger partial charge in [0.15, 0.2) is 5.78 Å². The number of hydrogen-bond acceptors (Lipinski definition) is 4. The van der Waals surface area contributed by atoms with E-state index in [1.807, 2.05) is 18.2 Å². The van der Waals surface area contributed by atoms with Crippen LogP contribution in [0.2, 0.25) is 0 Å². The monoisotopic (exact) mass is 335 g/mol. The maximum atomic E-state index is 12.8. The second-order valence-electron chi connectivity index (χ2n) is 6.88. The number of aliphatic imine (C=N–C) groups is 1. The zero-order valence-corrected chi connectivity index (χ0v) is 14.7. The molecule has 0 aromatic heterocycles. The molecule has 0 radical (unpaired) electrons. The number of fused-ring (bicyclic) bond motifs is 1. The standard InChI is InChI=1S/C21H21NO3/c1-21(2)13-16-7-4-5-10-17(16)18(22-21)12-19(23)14-8-6-9-15(11-14)20(24)25-3/h4-11H,12-13H2,1-3H3. The van der Waals surface area contributed by atoms with Crippen LogP contribution < -0.4 is 0 Å². The molecule has 0 bridgehead atoms. The molecule has 0 saturated heterocycles. The van der Waals surface area contributed by atoms with E-state index >= 15 is 0 Å². The third-order valence-corrected chi connectivity index (χ3v) is 4.32. The fourth-order valence-corrected chi connectivity index (χ4v) is 3.21. The average Bonchev–Trinajstić information content (AvgIpc) is 2.60. The summed E-state index contributed by atoms with van der Waals surface area (Å²) >= 11 is 0. The lowest BCUT2D eigenvalue weighted by molar-refractivity contribution is 0.0600. The van der Waals surface area contributed by atoms with E-state index in [-0.39, 0.29) is 17.7 Å². The number of ether oxygens (including phenoxy) is 1. The van der Waals surface area contributed by atoms with E-state index < -0.39 is 5.97 Å². The minimum absolute atomic E-state index is 0.0583. The number of carbonyl (C=O) groups is 2. The van der Waals surface area contributed by atoms with Gasteiger partial charge in [0.05, 0.1) is 30.3 Å². The highest BCUT2D eigenvalue weighted by atomic mass is 16.5. The molecule has 0 amide bonds. The summed E-state index contributed by atoms with van der Waals surface area (Å²) in [5.74, 6) is -0.506. The highest BCUT2D eigenvalue weighted by Crippen LogP contribution is 2.28. The molecular formula is C21H21NO3. The van der Waals surface area contributed by atoms with Gasteiger partial charge >= 0.3 is 5.97 Å². The van der Waals surface area contributed by atoms with Crippen molar-refractivity contribution >= 4 is 17.5 Å². The highest BCUT2D eigenvalue weighted by Gasteiger charge is 2.27. The van der Waals surface area contributed by atoms with Crippen LogP contribution in [0.15, 0.2) is 53.5 Å². The number of rotatable bonds is 4. The average molecular weight is 335 g/mol. The number of esters is 1. The summed E-state index contributed by atoms with van der Waals surface area (Å²) < 4.78 is 4.72. The topological polar surface area (TPSA) is 55.7 Å². The quantitative estimate of drug-likeness (QED) is 0.629. The van der Waals surface area contributed by atoms with Crippen molar-refractivity contribution in [2.24, 2.45) is 4.99 Å². The van der Waals surface area contributed by atoms with Crippen LogP contribution in [0.25, 0.3) is 0 Å². The van der Waals surface area contributed by atoms with Crippen LogP contribution in [0.1, 0.15) is 52.1 Å². The number of ketones is 1. The van der Waals surface area contributed by atoms with E-state index in [2.05, 4.69) is 19.9 Å². The highest BCUT2D eigenvalue weighted by molar-refractivity contribution is 6.17. The van der Waals surface area contributed by atoms with E-state index in [0.29, 0.717) is 11.1 Å². The molecule has 4 heteroatoms. The van der Waals surface area contributed by atoms with Crippen molar-refractivity contribution in [3.63, 3.8) is 0 Å². The molecule has 0 unspecified atom stereocenters. The van der Waals surface area contributed by atoms with E-state index in [0.717, 1.165) is 17.7 Å². The Morgan fingerprint density at radius 3 is 2.56 bits per heavy atom. The normalized spacial score (nSPS) is 15.1. The van der Waals surface area contributed by atoms with Crippen LogP contribution >= 0.6 is 0 Å². The first-order valence-corrected chi connectivity index (χ1v) is 8.28. The van der Waals surface area contributed by atoms with Crippen molar-refractivity contribution in [1.29, 1.82) is 0 Å². The van der Waals surface area contributed by atoms with Gasteiger partial charge in [-0.3, -0.25) is 9.79 Å². The van der Waals surface area contributed by atoms with E-state index in [4.69, 9.17) is 9.73 Å². The fraction of sp³-hybridized carbons (Fsp3) is 0.286. The third kappa shape index (κ3) is 3.68. The zero-order chi connectivity index (χ0) is 18.0. The lowest BCUT2D eigenvalue weighted by Crippen LogP contribution is -2.30. The Morgan fingerprint density at radius 2 is 1.80 bits per heavy atom. The van der Waals surface area contributed by atoms with Gasteiger partial charge in [0.1, 0.15) is 0 Å². The molecule has 0 spiro atoms. The summed E-state index contributed by atoms with van der Waals surface area (Å²) in [6.45, 7) is 4.15. The minimum Gasteiger partial charge on any atom is -0.465 e. The molecule has 4 nitrogen and oxygen atoms in total. The van der Waals surface area contributed by atoms with Gasteiger partial charge in [-0.1, -0.05) is 36.4 Å². The third-order valence-electron chi connectivity index (χ3n) is 4.32. The summed E-state index contributed by atoms with van der Waals surface area (Å²) in [7, 11) is 1.33. The maximum absolute atomic E-state index is 12.8. The first-order valence-electron chi connectivity index (χ1n) is 8.28. The van der Waals surface area contributed by atoms with E-state index in [1.165, 1.54) is 12.7 Å². The predicted octanol–water partition coefficient (Wildman–Crippen LogP) is 3.87. The molecule has 3 rings (SSSR count). The van der Waals surface area contributed by atoms with Gasteiger partial charge in [-0.25, -0.2) is 4.79 Å². The zero-order valence-electron chi connectivity index (χ0n) is 14.7. The molecule has 2 aromatic rings. The number of carbonyl (C=O) groups excluding carboxylic acids is 2. The molecule has 1 heterocycles. The van der Waals surface area contributed by atoms with Crippen molar-refractivity contribution in [2.75, 3.05) is 7.11 Å². The Balaban J connectivity index is 1.90. The van der Waals surface area contributed by atoms with Gasteiger partial charge in [0.25, 0.3) is 0 Å². The number of hydrogen-bond donors (Lipinski definition) is 0. The van der Waals surface area contributed by atoms with Crippen LogP contribution in [-0.2, 0) is 11.2 Å². The number of Topliss-reactive ketones (excluding diaryl/α,β-unsaturated/α-hetero) is 1. The smallest absolute Gasteiger partial charge is 0.337 e. The Morgan fingerprint density at radius 1 is 1.08 bits per heavy atom. The molecule has 0 saturated carbocycles. The first kappa shape index (κ1) is 17.1. The number of benzene rings is 2. The minimum atomic E-state index is -0.448. The molecule has 1 aliphatic heterocycles.